The second kappa shape index (κ2) is 16.3. The number of nitrogens with one attached hydrogen (secondary N) is 1. The molecule has 0 aliphatic rings. The fourth-order valence-corrected chi connectivity index (χ4v) is 3.02. The summed E-state index contributed by atoms with van der Waals surface area (Å²) >= 11 is 0. The maximum Gasteiger partial charge on any atom is 0.220 e. The first-order chi connectivity index (χ1) is 11.1. The number of amides is 1. The quantitative estimate of drug-likeness (QED) is 0.317. The van der Waals surface area contributed by atoms with Crippen LogP contribution in [0.5, 0.6) is 0 Å². The van der Waals surface area contributed by atoms with E-state index in [2.05, 4.69) is 33.0 Å². The molecule has 2 nitrogen and oxygen atoms in total. The van der Waals surface area contributed by atoms with Crippen LogP contribution in [0.3, 0.4) is 0 Å². The van der Waals surface area contributed by atoms with Gasteiger partial charge in [-0.15, -0.1) is 0 Å². The summed E-state index contributed by atoms with van der Waals surface area (Å²) in [4.78, 5) is 11.9. The van der Waals surface area contributed by atoms with Gasteiger partial charge in [-0.05, 0) is 25.7 Å². The third-order valence-electron chi connectivity index (χ3n) is 4.58. The van der Waals surface area contributed by atoms with Crippen LogP contribution in [-0.4, -0.2) is 11.9 Å². The van der Waals surface area contributed by atoms with Crippen LogP contribution in [0.25, 0.3) is 0 Å². The highest BCUT2D eigenvalue weighted by molar-refractivity contribution is 5.76. The number of carbonyl (C=O) groups is 1. The Hall–Kier alpha value is -0.530. The molecule has 0 rings (SSSR count). The predicted octanol–water partition coefficient (Wildman–Crippen LogP) is 6.63. The molecule has 23 heavy (non-hydrogen) atoms. The van der Waals surface area contributed by atoms with Crippen molar-refractivity contribution >= 4 is 5.91 Å². The lowest BCUT2D eigenvalue weighted by atomic mass is 10.0. The first kappa shape index (κ1) is 22.5. The summed E-state index contributed by atoms with van der Waals surface area (Å²) in [5.74, 6) is 1.10. The van der Waals surface area contributed by atoms with E-state index in [4.69, 9.17) is 0 Å². The molecule has 1 amide bonds. The van der Waals surface area contributed by atoms with E-state index in [1.807, 2.05) is 0 Å². The molecule has 0 radical (unpaired) electrons. The zero-order valence-corrected chi connectivity index (χ0v) is 16.5. The molecule has 0 aliphatic heterocycles. The predicted molar refractivity (Wildman–Crippen MR) is 103 cm³/mol. The van der Waals surface area contributed by atoms with Gasteiger partial charge in [0.15, 0.2) is 0 Å². The first-order valence-corrected chi connectivity index (χ1v) is 10.4. The minimum atomic E-state index is 0.255. The molecule has 0 spiro atoms. The lowest BCUT2D eigenvalue weighted by Crippen LogP contribution is -2.32. The molecule has 0 bridgehead atoms. The van der Waals surface area contributed by atoms with Gasteiger partial charge in [-0.1, -0.05) is 91.4 Å². The molecule has 0 saturated heterocycles. The van der Waals surface area contributed by atoms with E-state index < -0.39 is 0 Å². The van der Waals surface area contributed by atoms with Gasteiger partial charge in [0.05, 0.1) is 0 Å². The molecule has 0 aliphatic carbocycles. The zero-order chi connectivity index (χ0) is 17.3. The lowest BCUT2D eigenvalue weighted by molar-refractivity contribution is -0.121. The molecule has 0 aromatic carbocycles. The van der Waals surface area contributed by atoms with Gasteiger partial charge in [0, 0.05) is 12.5 Å². The molecule has 0 saturated carbocycles. The van der Waals surface area contributed by atoms with Crippen LogP contribution in [0.1, 0.15) is 118 Å². The van der Waals surface area contributed by atoms with Gasteiger partial charge in [0.2, 0.25) is 5.91 Å². The second-order valence-electron chi connectivity index (χ2n) is 7.73. The molecule has 0 fully saturated rings. The summed E-state index contributed by atoms with van der Waals surface area (Å²) in [6, 6.07) is 0.348. The average Bonchev–Trinajstić information content (AvgIpc) is 2.49. The van der Waals surface area contributed by atoms with E-state index in [1.165, 1.54) is 70.6 Å². The number of hydrogen-bond donors (Lipinski definition) is 1. The monoisotopic (exact) mass is 325 g/mol. The summed E-state index contributed by atoms with van der Waals surface area (Å²) in [5, 5.41) is 3.15. The normalized spacial score (nSPS) is 12.6. The fourth-order valence-electron chi connectivity index (χ4n) is 3.02. The van der Waals surface area contributed by atoms with Gasteiger partial charge in [0.1, 0.15) is 0 Å². The number of unbranched alkanes of at least 4 members (excludes halogenated alkanes) is 9. The summed E-state index contributed by atoms with van der Waals surface area (Å²) in [5.41, 5.74) is 0. The van der Waals surface area contributed by atoms with Crippen LogP contribution >= 0.6 is 0 Å². The summed E-state index contributed by atoms with van der Waals surface area (Å²) in [6.45, 7) is 8.98. The highest BCUT2D eigenvalue weighted by Gasteiger charge is 2.06. The highest BCUT2D eigenvalue weighted by atomic mass is 16.1. The molecule has 0 heterocycles. The Bertz CT molecular complexity index is 263. The largest absolute Gasteiger partial charge is 0.354 e. The molecule has 0 aromatic rings. The van der Waals surface area contributed by atoms with Gasteiger partial charge < -0.3 is 5.32 Å². The zero-order valence-electron chi connectivity index (χ0n) is 16.5. The molecular formula is C21H43NO. The van der Waals surface area contributed by atoms with E-state index in [0.717, 1.165) is 18.8 Å². The number of carbonyl (C=O) groups excluding carboxylic acids is 1. The second-order valence-corrected chi connectivity index (χ2v) is 7.73. The number of hydrogen-bond acceptors (Lipinski definition) is 1. The van der Waals surface area contributed by atoms with E-state index in [9.17, 15) is 4.79 Å². The van der Waals surface area contributed by atoms with Gasteiger partial charge >= 0.3 is 0 Å². The smallest absolute Gasteiger partial charge is 0.220 e. The maximum absolute atomic E-state index is 11.9. The summed E-state index contributed by atoms with van der Waals surface area (Å²) in [7, 11) is 0. The van der Waals surface area contributed by atoms with Crippen LogP contribution in [0.4, 0.5) is 0 Å². The van der Waals surface area contributed by atoms with Crippen molar-refractivity contribution in [2.75, 3.05) is 0 Å². The van der Waals surface area contributed by atoms with E-state index in [-0.39, 0.29) is 5.91 Å². The Labute approximate surface area is 146 Å². The summed E-state index contributed by atoms with van der Waals surface area (Å²) in [6.07, 6.45) is 17.4. The van der Waals surface area contributed by atoms with Crippen molar-refractivity contribution in [1.29, 1.82) is 0 Å². The van der Waals surface area contributed by atoms with Crippen molar-refractivity contribution in [3.63, 3.8) is 0 Å². The Morgan fingerprint density at radius 1 is 0.739 bits per heavy atom. The van der Waals surface area contributed by atoms with Gasteiger partial charge in [-0.3, -0.25) is 4.79 Å². The van der Waals surface area contributed by atoms with Gasteiger partial charge in [-0.25, -0.2) is 0 Å². The standard InChI is InChI=1S/C21H43NO/c1-5-6-7-14-17-20(4)22-21(23)18-15-12-10-8-9-11-13-16-19(2)3/h19-20H,5-18H2,1-4H3,(H,22,23). The minimum Gasteiger partial charge on any atom is -0.354 e. The van der Waals surface area contributed by atoms with Gasteiger partial charge in [-0.2, -0.15) is 0 Å². The summed E-state index contributed by atoms with van der Waals surface area (Å²) < 4.78 is 0. The lowest BCUT2D eigenvalue weighted by Gasteiger charge is -2.13. The molecule has 1 unspecified atom stereocenters. The molecule has 1 N–H and O–H groups in total. The third-order valence-corrected chi connectivity index (χ3v) is 4.58. The third kappa shape index (κ3) is 17.7. The van der Waals surface area contributed by atoms with Crippen LogP contribution in [0.15, 0.2) is 0 Å². The molecular weight excluding hydrogens is 282 g/mol. The van der Waals surface area contributed by atoms with Crippen LogP contribution in [0.2, 0.25) is 0 Å². The van der Waals surface area contributed by atoms with E-state index >= 15 is 0 Å². The SMILES string of the molecule is CCCCCCC(C)NC(=O)CCCCCCCCCC(C)C. The molecule has 0 aromatic heterocycles. The maximum atomic E-state index is 11.9. The van der Waals surface area contributed by atoms with Gasteiger partial charge in [0.25, 0.3) is 0 Å². The van der Waals surface area contributed by atoms with E-state index in [0.29, 0.717) is 12.5 Å². The van der Waals surface area contributed by atoms with Crippen molar-refractivity contribution in [2.45, 2.75) is 124 Å². The first-order valence-electron chi connectivity index (χ1n) is 10.4. The Morgan fingerprint density at radius 2 is 1.26 bits per heavy atom. The van der Waals surface area contributed by atoms with Crippen molar-refractivity contribution in [3.8, 4) is 0 Å². The molecule has 138 valence electrons. The number of rotatable bonds is 16. The fraction of sp³-hybridized carbons (Fsp3) is 0.952. The van der Waals surface area contributed by atoms with Crippen molar-refractivity contribution in [2.24, 2.45) is 5.92 Å². The van der Waals surface area contributed by atoms with Crippen molar-refractivity contribution < 1.29 is 4.79 Å². The molecule has 1 atom stereocenters. The minimum absolute atomic E-state index is 0.255. The Morgan fingerprint density at radius 3 is 1.87 bits per heavy atom. The average molecular weight is 326 g/mol. The Balaban J connectivity index is 3.32. The van der Waals surface area contributed by atoms with Crippen molar-refractivity contribution in [1.82, 2.24) is 5.32 Å². The van der Waals surface area contributed by atoms with Crippen LogP contribution in [0, 0.1) is 5.92 Å². The Kier molecular flexibility index (Phi) is 16.0. The van der Waals surface area contributed by atoms with E-state index in [1.54, 1.807) is 0 Å². The van der Waals surface area contributed by atoms with Crippen LogP contribution in [-0.2, 0) is 4.79 Å². The topological polar surface area (TPSA) is 29.1 Å². The van der Waals surface area contributed by atoms with Crippen molar-refractivity contribution in [3.05, 3.63) is 0 Å². The van der Waals surface area contributed by atoms with Crippen LogP contribution < -0.4 is 5.32 Å². The molecule has 2 heteroatoms. The highest BCUT2D eigenvalue weighted by Crippen LogP contribution is 2.12.